The SMILES string of the molecule is CC1(C)C(=O)C(C)(C)C1NO. The third kappa shape index (κ3) is 0.844. The van der Waals surface area contributed by atoms with Crippen molar-refractivity contribution in [3.05, 3.63) is 0 Å². The largest absolute Gasteiger partial charge is 0.316 e. The second-order valence-electron chi connectivity index (χ2n) is 4.33. The van der Waals surface area contributed by atoms with Gasteiger partial charge in [-0.25, -0.2) is 5.48 Å². The first-order valence-corrected chi connectivity index (χ1v) is 3.79. The molecule has 0 bridgehead atoms. The van der Waals surface area contributed by atoms with Crippen molar-refractivity contribution in [3.8, 4) is 0 Å². The molecule has 0 unspecified atom stereocenters. The van der Waals surface area contributed by atoms with Gasteiger partial charge in [-0.3, -0.25) is 4.79 Å². The fraction of sp³-hybridized carbons (Fsp3) is 0.875. The summed E-state index contributed by atoms with van der Waals surface area (Å²) in [5, 5.41) is 8.77. The molecule has 0 atom stereocenters. The summed E-state index contributed by atoms with van der Waals surface area (Å²) in [5.74, 6) is 0.205. The second kappa shape index (κ2) is 2.05. The van der Waals surface area contributed by atoms with Crippen LogP contribution in [0, 0.1) is 10.8 Å². The third-order valence-corrected chi connectivity index (χ3v) is 2.74. The van der Waals surface area contributed by atoms with Crippen molar-refractivity contribution in [1.29, 1.82) is 0 Å². The van der Waals surface area contributed by atoms with E-state index in [2.05, 4.69) is 5.48 Å². The number of carbonyl (C=O) groups is 1. The highest BCUT2D eigenvalue weighted by molar-refractivity contribution is 5.97. The third-order valence-electron chi connectivity index (χ3n) is 2.74. The summed E-state index contributed by atoms with van der Waals surface area (Å²) >= 11 is 0. The lowest BCUT2D eigenvalue weighted by Crippen LogP contribution is -2.69. The molecule has 0 heterocycles. The Morgan fingerprint density at radius 1 is 1.27 bits per heavy atom. The van der Waals surface area contributed by atoms with Gasteiger partial charge in [-0.05, 0) is 0 Å². The molecule has 1 rings (SSSR count). The molecule has 2 N–H and O–H groups in total. The zero-order chi connectivity index (χ0) is 8.86. The van der Waals surface area contributed by atoms with E-state index >= 15 is 0 Å². The summed E-state index contributed by atoms with van der Waals surface area (Å²) in [6.45, 7) is 7.37. The predicted octanol–water partition coefficient (Wildman–Crippen LogP) is 0.969. The topological polar surface area (TPSA) is 49.3 Å². The van der Waals surface area contributed by atoms with Crippen molar-refractivity contribution in [3.63, 3.8) is 0 Å². The fourth-order valence-electron chi connectivity index (χ4n) is 2.24. The molecular formula is C8H15NO2. The standard InChI is InChI=1S/C8H15NO2/c1-7(2)5(9-11)8(3,4)6(7)10/h5,9,11H,1-4H3. The predicted molar refractivity (Wildman–Crippen MR) is 41.3 cm³/mol. The second-order valence-corrected chi connectivity index (χ2v) is 4.33. The molecule has 0 spiro atoms. The van der Waals surface area contributed by atoms with Crippen LogP contribution in [-0.2, 0) is 4.79 Å². The minimum atomic E-state index is -0.418. The molecule has 1 saturated carbocycles. The zero-order valence-electron chi connectivity index (χ0n) is 7.43. The molecule has 3 nitrogen and oxygen atoms in total. The van der Waals surface area contributed by atoms with Crippen LogP contribution in [0.15, 0.2) is 0 Å². The zero-order valence-corrected chi connectivity index (χ0v) is 7.43. The van der Waals surface area contributed by atoms with Gasteiger partial charge in [0, 0.05) is 10.8 Å². The van der Waals surface area contributed by atoms with Gasteiger partial charge in [0.05, 0.1) is 6.04 Å². The maximum atomic E-state index is 11.4. The Balaban J connectivity index is 2.88. The maximum absolute atomic E-state index is 11.4. The van der Waals surface area contributed by atoms with Gasteiger partial charge in [0.15, 0.2) is 0 Å². The van der Waals surface area contributed by atoms with E-state index in [0.717, 1.165) is 0 Å². The van der Waals surface area contributed by atoms with Crippen LogP contribution in [0.2, 0.25) is 0 Å². The summed E-state index contributed by atoms with van der Waals surface area (Å²) in [5.41, 5.74) is 1.35. The Hall–Kier alpha value is -0.410. The van der Waals surface area contributed by atoms with Gasteiger partial charge >= 0.3 is 0 Å². The van der Waals surface area contributed by atoms with Crippen LogP contribution in [0.4, 0.5) is 0 Å². The number of nitrogens with one attached hydrogen (secondary N) is 1. The van der Waals surface area contributed by atoms with Crippen LogP contribution in [-0.4, -0.2) is 17.0 Å². The average molecular weight is 157 g/mol. The van der Waals surface area contributed by atoms with Crippen molar-refractivity contribution in [1.82, 2.24) is 5.48 Å². The van der Waals surface area contributed by atoms with E-state index in [-0.39, 0.29) is 11.8 Å². The Morgan fingerprint density at radius 3 is 1.82 bits per heavy atom. The minimum Gasteiger partial charge on any atom is -0.316 e. The highest BCUT2D eigenvalue weighted by Gasteiger charge is 2.61. The van der Waals surface area contributed by atoms with E-state index in [9.17, 15) is 4.79 Å². The van der Waals surface area contributed by atoms with Crippen molar-refractivity contribution in [2.75, 3.05) is 0 Å². The monoisotopic (exact) mass is 157 g/mol. The number of ketones is 1. The first kappa shape index (κ1) is 8.68. The molecule has 0 amide bonds. The first-order chi connectivity index (χ1) is 4.85. The molecule has 64 valence electrons. The Morgan fingerprint density at radius 2 is 1.64 bits per heavy atom. The molecule has 0 radical (unpaired) electrons. The van der Waals surface area contributed by atoms with E-state index in [0.29, 0.717) is 0 Å². The maximum Gasteiger partial charge on any atom is 0.147 e. The van der Waals surface area contributed by atoms with Gasteiger partial charge in [0.1, 0.15) is 5.78 Å². The number of hydrogen-bond donors (Lipinski definition) is 2. The molecule has 11 heavy (non-hydrogen) atoms. The van der Waals surface area contributed by atoms with Gasteiger partial charge in [-0.1, -0.05) is 27.7 Å². The minimum absolute atomic E-state index is 0.123. The number of Topliss-reactive ketones (excluding diaryl/α,β-unsaturated/α-hetero) is 1. The summed E-state index contributed by atoms with van der Waals surface area (Å²) in [6.07, 6.45) is 0. The molecule has 1 fully saturated rings. The van der Waals surface area contributed by atoms with E-state index in [1.807, 2.05) is 27.7 Å². The van der Waals surface area contributed by atoms with E-state index in [1.165, 1.54) is 0 Å². The van der Waals surface area contributed by atoms with Crippen LogP contribution in [0.3, 0.4) is 0 Å². The molecule has 3 heteroatoms. The summed E-state index contributed by atoms with van der Waals surface area (Å²) in [6, 6.07) is -0.123. The van der Waals surface area contributed by atoms with Gasteiger partial charge in [-0.15, -0.1) is 0 Å². The normalized spacial score (nSPS) is 28.3. The molecule has 0 aromatic heterocycles. The number of rotatable bonds is 1. The summed E-state index contributed by atoms with van der Waals surface area (Å²) in [4.78, 5) is 11.4. The lowest BCUT2D eigenvalue weighted by Gasteiger charge is -2.54. The molecular weight excluding hydrogens is 142 g/mol. The number of hydroxylamine groups is 1. The first-order valence-electron chi connectivity index (χ1n) is 3.79. The number of hydrogen-bond acceptors (Lipinski definition) is 3. The molecule has 0 aromatic carbocycles. The number of carbonyl (C=O) groups excluding carboxylic acids is 1. The highest BCUT2D eigenvalue weighted by atomic mass is 16.5. The van der Waals surface area contributed by atoms with Crippen LogP contribution in [0.25, 0.3) is 0 Å². The van der Waals surface area contributed by atoms with Crippen molar-refractivity contribution in [2.24, 2.45) is 10.8 Å². The van der Waals surface area contributed by atoms with Crippen molar-refractivity contribution in [2.45, 2.75) is 33.7 Å². The van der Waals surface area contributed by atoms with Gasteiger partial charge < -0.3 is 5.21 Å². The van der Waals surface area contributed by atoms with E-state index in [1.54, 1.807) is 0 Å². The summed E-state index contributed by atoms with van der Waals surface area (Å²) in [7, 11) is 0. The van der Waals surface area contributed by atoms with Gasteiger partial charge in [0.25, 0.3) is 0 Å². The van der Waals surface area contributed by atoms with Crippen molar-refractivity contribution >= 4 is 5.78 Å². The molecule has 1 aliphatic rings. The molecule has 1 aliphatic carbocycles. The van der Waals surface area contributed by atoms with Gasteiger partial charge in [-0.2, -0.15) is 0 Å². The van der Waals surface area contributed by atoms with Crippen LogP contribution < -0.4 is 5.48 Å². The van der Waals surface area contributed by atoms with Gasteiger partial charge in [0.2, 0.25) is 0 Å². The van der Waals surface area contributed by atoms with Crippen LogP contribution in [0.5, 0.6) is 0 Å². The van der Waals surface area contributed by atoms with Crippen molar-refractivity contribution < 1.29 is 10.0 Å². The quantitative estimate of drug-likeness (QED) is 0.557. The average Bonchev–Trinajstić information content (AvgIpc) is 1.86. The summed E-state index contributed by atoms with van der Waals surface area (Å²) < 4.78 is 0. The lowest BCUT2D eigenvalue weighted by atomic mass is 9.51. The Bertz CT molecular complexity index is 178. The fourth-order valence-corrected chi connectivity index (χ4v) is 2.24. The molecule has 0 aliphatic heterocycles. The van der Waals surface area contributed by atoms with E-state index < -0.39 is 10.8 Å². The lowest BCUT2D eigenvalue weighted by molar-refractivity contribution is -0.167. The smallest absolute Gasteiger partial charge is 0.147 e. The molecule has 0 aromatic rings. The van der Waals surface area contributed by atoms with Crippen LogP contribution in [0.1, 0.15) is 27.7 Å². The molecule has 0 saturated heterocycles. The Labute approximate surface area is 66.7 Å². The Kier molecular flexibility index (Phi) is 1.62. The van der Waals surface area contributed by atoms with Crippen LogP contribution >= 0.6 is 0 Å². The van der Waals surface area contributed by atoms with E-state index in [4.69, 9.17) is 5.21 Å². The highest BCUT2D eigenvalue weighted by Crippen LogP contribution is 2.49.